The van der Waals surface area contributed by atoms with Crippen LogP contribution >= 0.6 is 0 Å². The van der Waals surface area contributed by atoms with E-state index in [0.29, 0.717) is 28.9 Å². The topological polar surface area (TPSA) is 105 Å². The van der Waals surface area contributed by atoms with E-state index in [1.807, 2.05) is 40.7 Å². The van der Waals surface area contributed by atoms with Crippen molar-refractivity contribution in [2.75, 3.05) is 6.26 Å². The second-order valence-electron chi connectivity index (χ2n) is 11.3. The SMILES string of the molecule is CC(C)c1nc(S(C)(=O)=O)nc(-c2ccc(F)cc2)c1C=CC1CC(CC(=O)OC(C)(C)C)OC(C)(C)O1. The molecule has 0 spiro atoms. The first kappa shape index (κ1) is 29.9. The lowest BCUT2D eigenvalue weighted by Crippen LogP contribution is -2.45. The first-order valence-electron chi connectivity index (χ1n) is 12.6. The van der Waals surface area contributed by atoms with Crippen LogP contribution in [0.1, 0.15) is 78.5 Å². The van der Waals surface area contributed by atoms with Crippen molar-refractivity contribution in [3.63, 3.8) is 0 Å². The summed E-state index contributed by atoms with van der Waals surface area (Å²) in [6, 6.07) is 5.70. The fourth-order valence-electron chi connectivity index (χ4n) is 4.23. The van der Waals surface area contributed by atoms with Gasteiger partial charge in [0.2, 0.25) is 15.0 Å². The highest BCUT2D eigenvalue weighted by Gasteiger charge is 2.36. The predicted octanol–water partition coefficient (Wildman–Crippen LogP) is 5.46. The molecular formula is C28H37FN2O6S. The molecule has 1 fully saturated rings. The minimum absolute atomic E-state index is 0.0820. The molecule has 2 atom stereocenters. The fourth-order valence-corrected chi connectivity index (χ4v) is 4.75. The average molecular weight is 549 g/mol. The number of hydrogen-bond donors (Lipinski definition) is 0. The van der Waals surface area contributed by atoms with Gasteiger partial charge in [0.25, 0.3) is 0 Å². The molecule has 2 unspecified atom stereocenters. The number of carbonyl (C=O) groups is 1. The highest BCUT2D eigenvalue weighted by molar-refractivity contribution is 7.90. The van der Waals surface area contributed by atoms with E-state index in [4.69, 9.17) is 14.2 Å². The van der Waals surface area contributed by atoms with Crippen LogP contribution < -0.4 is 0 Å². The Kier molecular flexibility index (Phi) is 8.80. The molecule has 1 saturated heterocycles. The molecule has 0 amide bonds. The van der Waals surface area contributed by atoms with Gasteiger partial charge in [0.05, 0.1) is 30.0 Å². The Hall–Kier alpha value is -2.69. The number of halogens is 1. The van der Waals surface area contributed by atoms with E-state index in [0.717, 1.165) is 6.26 Å². The largest absolute Gasteiger partial charge is 0.460 e. The van der Waals surface area contributed by atoms with Gasteiger partial charge in [0, 0.05) is 23.8 Å². The second-order valence-corrected chi connectivity index (χ2v) is 13.2. The van der Waals surface area contributed by atoms with Crippen molar-refractivity contribution in [3.05, 3.63) is 47.4 Å². The van der Waals surface area contributed by atoms with Crippen molar-refractivity contribution in [2.45, 2.75) is 96.0 Å². The lowest BCUT2D eigenvalue weighted by molar-refractivity contribution is -0.290. The van der Waals surface area contributed by atoms with Crippen LogP contribution in [0.4, 0.5) is 4.39 Å². The Morgan fingerprint density at radius 3 is 2.37 bits per heavy atom. The molecule has 3 rings (SSSR count). The van der Waals surface area contributed by atoms with Gasteiger partial charge >= 0.3 is 5.97 Å². The number of sulfone groups is 1. The van der Waals surface area contributed by atoms with Gasteiger partial charge < -0.3 is 14.2 Å². The summed E-state index contributed by atoms with van der Waals surface area (Å²) in [5.41, 5.74) is 1.47. The third-order valence-electron chi connectivity index (χ3n) is 5.62. The number of hydrogen-bond acceptors (Lipinski definition) is 8. The molecule has 0 saturated carbocycles. The highest BCUT2D eigenvalue weighted by Crippen LogP contribution is 2.33. The van der Waals surface area contributed by atoms with E-state index in [1.165, 1.54) is 12.1 Å². The molecule has 1 aromatic carbocycles. The van der Waals surface area contributed by atoms with Crippen LogP contribution in [0.25, 0.3) is 17.3 Å². The Morgan fingerprint density at radius 2 is 1.82 bits per heavy atom. The smallest absolute Gasteiger partial charge is 0.308 e. The van der Waals surface area contributed by atoms with Crippen LogP contribution in [-0.2, 0) is 28.8 Å². The third-order valence-corrected chi connectivity index (χ3v) is 6.47. The van der Waals surface area contributed by atoms with Crippen LogP contribution in [0.5, 0.6) is 0 Å². The first-order valence-corrected chi connectivity index (χ1v) is 14.5. The van der Waals surface area contributed by atoms with Crippen molar-refractivity contribution >= 4 is 21.9 Å². The number of nitrogens with zero attached hydrogens (tertiary/aromatic N) is 2. The van der Waals surface area contributed by atoms with Gasteiger partial charge in [0.1, 0.15) is 11.4 Å². The quantitative estimate of drug-likeness (QED) is 0.332. The summed E-state index contributed by atoms with van der Waals surface area (Å²) in [5, 5.41) is -0.293. The summed E-state index contributed by atoms with van der Waals surface area (Å²) >= 11 is 0. The molecule has 8 nitrogen and oxygen atoms in total. The minimum atomic E-state index is -3.70. The third kappa shape index (κ3) is 8.15. The Bertz CT molecular complexity index is 1300. The predicted molar refractivity (Wildman–Crippen MR) is 143 cm³/mol. The summed E-state index contributed by atoms with van der Waals surface area (Å²) in [6.07, 6.45) is 4.35. The van der Waals surface area contributed by atoms with Gasteiger partial charge in [-0.15, -0.1) is 0 Å². The molecule has 0 radical (unpaired) electrons. The monoisotopic (exact) mass is 548 g/mol. The maximum atomic E-state index is 13.7. The zero-order valence-electron chi connectivity index (χ0n) is 23.2. The number of carbonyl (C=O) groups excluding carboxylic acids is 1. The molecule has 2 heterocycles. The summed E-state index contributed by atoms with van der Waals surface area (Å²) in [7, 11) is -3.70. The van der Waals surface area contributed by atoms with Gasteiger partial charge in [-0.05, 0) is 64.8 Å². The van der Waals surface area contributed by atoms with Gasteiger partial charge in [-0.3, -0.25) is 4.79 Å². The Labute approximate surface area is 224 Å². The molecule has 1 aliphatic heterocycles. The van der Waals surface area contributed by atoms with Crippen LogP contribution in [0.2, 0.25) is 0 Å². The zero-order valence-corrected chi connectivity index (χ0v) is 24.1. The number of esters is 1. The van der Waals surface area contributed by atoms with E-state index in [-0.39, 0.29) is 23.5 Å². The molecule has 2 aromatic rings. The molecule has 0 N–H and O–H groups in total. The normalized spacial score (nSPS) is 20.2. The minimum Gasteiger partial charge on any atom is -0.460 e. The summed E-state index contributed by atoms with van der Waals surface area (Å²) in [6.45, 7) is 12.8. The van der Waals surface area contributed by atoms with Crippen molar-refractivity contribution < 1.29 is 31.8 Å². The van der Waals surface area contributed by atoms with E-state index in [1.54, 1.807) is 32.1 Å². The van der Waals surface area contributed by atoms with Crippen LogP contribution in [0, 0.1) is 5.82 Å². The fraction of sp³-hybridized carbons (Fsp3) is 0.536. The van der Waals surface area contributed by atoms with Crippen LogP contribution in [-0.4, -0.2) is 54.2 Å². The Balaban J connectivity index is 2.01. The van der Waals surface area contributed by atoms with Crippen LogP contribution in [0.15, 0.2) is 35.5 Å². The van der Waals surface area contributed by atoms with Crippen LogP contribution in [0.3, 0.4) is 0 Å². The summed E-state index contributed by atoms with van der Waals surface area (Å²) in [4.78, 5) is 21.2. The zero-order chi connectivity index (χ0) is 28.5. The molecule has 10 heteroatoms. The van der Waals surface area contributed by atoms with Crippen molar-refractivity contribution in [1.29, 1.82) is 0 Å². The van der Waals surface area contributed by atoms with E-state index >= 15 is 0 Å². The van der Waals surface area contributed by atoms with E-state index < -0.39 is 39.3 Å². The van der Waals surface area contributed by atoms with Gasteiger partial charge in [-0.2, -0.15) is 0 Å². The van der Waals surface area contributed by atoms with Gasteiger partial charge in [-0.1, -0.05) is 26.0 Å². The van der Waals surface area contributed by atoms with E-state index in [2.05, 4.69) is 9.97 Å². The molecule has 0 bridgehead atoms. The molecule has 1 aromatic heterocycles. The molecule has 208 valence electrons. The lowest BCUT2D eigenvalue weighted by Gasteiger charge is -2.39. The maximum Gasteiger partial charge on any atom is 0.308 e. The summed E-state index contributed by atoms with van der Waals surface area (Å²) < 4.78 is 55.9. The van der Waals surface area contributed by atoms with Gasteiger partial charge in [-0.25, -0.2) is 22.8 Å². The Morgan fingerprint density at radius 1 is 1.18 bits per heavy atom. The number of rotatable bonds is 7. The highest BCUT2D eigenvalue weighted by atomic mass is 32.2. The molecule has 38 heavy (non-hydrogen) atoms. The second kappa shape index (κ2) is 11.2. The van der Waals surface area contributed by atoms with Gasteiger partial charge in [0.15, 0.2) is 5.79 Å². The van der Waals surface area contributed by atoms with E-state index in [9.17, 15) is 17.6 Å². The first-order chi connectivity index (χ1) is 17.4. The number of benzene rings is 1. The van der Waals surface area contributed by atoms with Crippen molar-refractivity contribution in [1.82, 2.24) is 9.97 Å². The molecule has 1 aliphatic rings. The average Bonchev–Trinajstić information content (AvgIpc) is 2.74. The standard InChI is InChI=1S/C28H37FN2O6S/c1-17(2)24-22(25(18-9-11-19(29)12-10-18)31-26(30-24)38(8,33)34)14-13-20-15-21(36-28(6,7)35-20)16-23(32)37-27(3,4)5/h9-14,17,20-21H,15-16H2,1-8H3. The van der Waals surface area contributed by atoms with Crippen molar-refractivity contribution in [2.24, 2.45) is 0 Å². The lowest BCUT2D eigenvalue weighted by atomic mass is 9.97. The number of aromatic nitrogens is 2. The molecular weight excluding hydrogens is 511 g/mol. The molecule has 0 aliphatic carbocycles. The maximum absolute atomic E-state index is 13.7. The van der Waals surface area contributed by atoms with Crippen molar-refractivity contribution in [3.8, 4) is 11.3 Å². The summed E-state index contributed by atoms with van der Waals surface area (Å²) in [5.74, 6) is -1.85. The number of ether oxygens (including phenoxy) is 3.